The number of fused-ring (bicyclic) bond motifs is 2. The molecule has 0 spiro atoms. The molecule has 136 valence electrons. The van der Waals surface area contributed by atoms with E-state index in [1.54, 1.807) is 17.5 Å². The molecule has 0 unspecified atom stereocenters. The number of pyridine rings is 3. The van der Waals surface area contributed by atoms with Crippen LogP contribution < -0.4 is 5.56 Å². The number of halogens is 1. The Bertz CT molecular complexity index is 1420. The Morgan fingerprint density at radius 3 is 2.82 bits per heavy atom. The number of nitrogens with one attached hydrogen (secondary N) is 1. The molecule has 0 aliphatic rings. The molecule has 0 radical (unpaired) electrons. The van der Waals surface area contributed by atoms with Gasteiger partial charge in [-0.3, -0.25) is 9.78 Å². The first-order valence-corrected chi connectivity index (χ1v) is 10.2. The average molecular weight is 449 g/mol. The number of aromatic amines is 1. The minimum absolute atomic E-state index is 0.192. The molecular weight excluding hydrogens is 436 g/mol. The van der Waals surface area contributed by atoms with Crippen LogP contribution in [0.4, 0.5) is 0 Å². The van der Waals surface area contributed by atoms with Crippen molar-refractivity contribution in [2.75, 3.05) is 0 Å². The molecule has 0 saturated heterocycles. The second-order valence-corrected chi connectivity index (χ2v) is 8.51. The maximum absolute atomic E-state index is 11.9. The van der Waals surface area contributed by atoms with Crippen LogP contribution in [0.25, 0.3) is 43.6 Å². The van der Waals surface area contributed by atoms with Crippen LogP contribution in [0, 0.1) is 6.92 Å². The van der Waals surface area contributed by atoms with Crippen molar-refractivity contribution in [3.63, 3.8) is 0 Å². The number of thiazole rings is 1. The number of hydrogen-bond donors (Lipinski definition) is 1. The molecule has 4 aromatic heterocycles. The van der Waals surface area contributed by atoms with E-state index >= 15 is 0 Å². The fourth-order valence-corrected chi connectivity index (χ4v) is 4.55. The smallest absolute Gasteiger partial charge is 0.250 e. The highest BCUT2D eigenvalue weighted by molar-refractivity contribution is 9.10. The first-order valence-electron chi connectivity index (χ1n) is 8.60. The molecule has 0 bridgehead atoms. The van der Waals surface area contributed by atoms with Crippen LogP contribution >= 0.6 is 27.3 Å². The van der Waals surface area contributed by atoms with Crippen LogP contribution in [0.3, 0.4) is 0 Å². The first-order chi connectivity index (χ1) is 13.6. The molecule has 1 N–H and O–H groups in total. The normalized spacial score (nSPS) is 11.4. The van der Waals surface area contributed by atoms with Gasteiger partial charge in [0, 0.05) is 39.3 Å². The molecule has 28 heavy (non-hydrogen) atoms. The maximum Gasteiger partial charge on any atom is 0.250 e. The van der Waals surface area contributed by atoms with Crippen molar-refractivity contribution in [2.24, 2.45) is 0 Å². The van der Waals surface area contributed by atoms with Gasteiger partial charge in [0.2, 0.25) is 0 Å². The van der Waals surface area contributed by atoms with Crippen molar-refractivity contribution >= 4 is 49.2 Å². The summed E-state index contributed by atoms with van der Waals surface area (Å²) in [4.78, 5) is 29.3. The molecule has 0 aliphatic heterocycles. The Hall–Kier alpha value is -2.90. The molecule has 0 amide bonds. The van der Waals surface area contributed by atoms with Crippen molar-refractivity contribution in [1.82, 2.24) is 19.9 Å². The monoisotopic (exact) mass is 448 g/mol. The highest BCUT2D eigenvalue weighted by Gasteiger charge is 2.16. The number of aromatic nitrogens is 4. The van der Waals surface area contributed by atoms with Gasteiger partial charge in [-0.2, -0.15) is 0 Å². The van der Waals surface area contributed by atoms with Gasteiger partial charge in [-0.05, 0) is 52.7 Å². The van der Waals surface area contributed by atoms with Gasteiger partial charge in [0.25, 0.3) is 5.56 Å². The van der Waals surface area contributed by atoms with Crippen molar-refractivity contribution in [1.29, 1.82) is 0 Å². The lowest BCUT2D eigenvalue weighted by molar-refractivity contribution is 1.23. The van der Waals surface area contributed by atoms with E-state index in [2.05, 4.69) is 49.1 Å². The quantitative estimate of drug-likeness (QED) is 0.395. The fraction of sp³-hybridized carbons (Fsp3) is 0.0476. The molecule has 0 saturated carbocycles. The number of benzene rings is 1. The minimum atomic E-state index is -0.192. The summed E-state index contributed by atoms with van der Waals surface area (Å²) < 4.78 is 0.717. The molecule has 4 heterocycles. The maximum atomic E-state index is 11.9. The van der Waals surface area contributed by atoms with Gasteiger partial charge < -0.3 is 4.98 Å². The zero-order chi connectivity index (χ0) is 19.3. The third kappa shape index (κ3) is 2.93. The van der Waals surface area contributed by atoms with Gasteiger partial charge in [0.05, 0.1) is 21.1 Å². The summed E-state index contributed by atoms with van der Waals surface area (Å²) in [7, 11) is 0. The van der Waals surface area contributed by atoms with Gasteiger partial charge in [-0.15, -0.1) is 11.3 Å². The summed E-state index contributed by atoms with van der Waals surface area (Å²) in [6.45, 7) is 1.97. The van der Waals surface area contributed by atoms with E-state index in [9.17, 15) is 4.79 Å². The molecule has 5 aromatic rings. The van der Waals surface area contributed by atoms with E-state index < -0.39 is 0 Å². The highest BCUT2D eigenvalue weighted by Crippen LogP contribution is 2.37. The number of H-pyrrole nitrogens is 1. The minimum Gasteiger partial charge on any atom is -0.306 e. The third-order valence-corrected chi connectivity index (χ3v) is 6.12. The Labute approximate surface area is 172 Å². The van der Waals surface area contributed by atoms with Crippen LogP contribution in [0.2, 0.25) is 0 Å². The lowest BCUT2D eigenvalue weighted by atomic mass is 10.00. The van der Waals surface area contributed by atoms with E-state index in [1.807, 2.05) is 31.3 Å². The number of aryl methyl sites for hydroxylation is 1. The molecule has 5 rings (SSSR count). The van der Waals surface area contributed by atoms with Crippen molar-refractivity contribution in [3.8, 4) is 21.7 Å². The Morgan fingerprint density at radius 1 is 1.11 bits per heavy atom. The van der Waals surface area contributed by atoms with Gasteiger partial charge in [0.1, 0.15) is 5.65 Å². The van der Waals surface area contributed by atoms with Crippen LogP contribution in [0.15, 0.2) is 64.1 Å². The average Bonchev–Trinajstić information content (AvgIpc) is 3.13. The molecular formula is C21H13BrN4OS. The molecule has 0 atom stereocenters. The second kappa shape index (κ2) is 6.61. The summed E-state index contributed by atoms with van der Waals surface area (Å²) in [5.74, 6) is 0. The SMILES string of the molecule is Cc1ncc(-c2nc3[nH]c(=O)cc(Br)c3cc2-c2ccc3ncccc3c2)s1. The number of nitrogens with zero attached hydrogens (tertiary/aromatic N) is 3. The summed E-state index contributed by atoms with van der Waals surface area (Å²) in [5.41, 5.74) is 4.12. The van der Waals surface area contributed by atoms with Crippen LogP contribution in [0.1, 0.15) is 5.01 Å². The zero-order valence-corrected chi connectivity index (χ0v) is 17.1. The number of rotatable bonds is 2. The fourth-order valence-electron chi connectivity index (χ4n) is 3.26. The molecule has 1 aromatic carbocycles. The molecule has 7 heteroatoms. The highest BCUT2D eigenvalue weighted by atomic mass is 79.9. The lowest BCUT2D eigenvalue weighted by Crippen LogP contribution is -2.05. The van der Waals surface area contributed by atoms with Gasteiger partial charge in [-0.25, -0.2) is 9.97 Å². The zero-order valence-electron chi connectivity index (χ0n) is 14.7. The standard InChI is InChI=1S/C21H13BrN4OS/c1-11-24-10-18(28-11)20-14(8-15-16(22)9-19(27)25-21(15)26-20)12-4-5-17-13(7-12)3-2-6-23-17/h2-10H,1H3,(H,25,26,27). The van der Waals surface area contributed by atoms with Crippen LogP contribution in [0.5, 0.6) is 0 Å². The summed E-state index contributed by atoms with van der Waals surface area (Å²) >= 11 is 5.08. The van der Waals surface area contributed by atoms with Crippen molar-refractivity contribution in [3.05, 3.63) is 74.7 Å². The summed E-state index contributed by atoms with van der Waals surface area (Å²) in [5, 5.41) is 2.88. The van der Waals surface area contributed by atoms with E-state index in [0.29, 0.717) is 5.65 Å². The van der Waals surface area contributed by atoms with Crippen molar-refractivity contribution < 1.29 is 0 Å². The second-order valence-electron chi connectivity index (χ2n) is 6.42. The Morgan fingerprint density at radius 2 is 2.00 bits per heavy atom. The van der Waals surface area contributed by atoms with E-state index in [1.165, 1.54) is 6.07 Å². The summed E-state index contributed by atoms with van der Waals surface area (Å²) in [6, 6.07) is 13.7. The lowest BCUT2D eigenvalue weighted by Gasteiger charge is -2.11. The third-order valence-electron chi connectivity index (χ3n) is 4.55. The van der Waals surface area contributed by atoms with E-state index in [0.717, 1.165) is 47.5 Å². The van der Waals surface area contributed by atoms with Gasteiger partial charge >= 0.3 is 0 Å². The van der Waals surface area contributed by atoms with E-state index in [4.69, 9.17) is 4.98 Å². The van der Waals surface area contributed by atoms with Crippen molar-refractivity contribution in [2.45, 2.75) is 6.92 Å². The largest absolute Gasteiger partial charge is 0.306 e. The van der Waals surface area contributed by atoms with Gasteiger partial charge in [0.15, 0.2) is 0 Å². The Balaban J connectivity index is 1.85. The summed E-state index contributed by atoms with van der Waals surface area (Å²) in [6.07, 6.45) is 3.62. The van der Waals surface area contributed by atoms with Crippen LogP contribution in [-0.4, -0.2) is 19.9 Å². The molecule has 5 nitrogen and oxygen atoms in total. The topological polar surface area (TPSA) is 71.5 Å². The molecule has 0 fully saturated rings. The first kappa shape index (κ1) is 17.2. The van der Waals surface area contributed by atoms with Crippen LogP contribution in [-0.2, 0) is 0 Å². The predicted octanol–water partition coefficient (Wildman–Crippen LogP) is 5.33. The predicted molar refractivity (Wildman–Crippen MR) is 117 cm³/mol. The van der Waals surface area contributed by atoms with Gasteiger partial charge in [-0.1, -0.05) is 12.1 Å². The number of hydrogen-bond acceptors (Lipinski definition) is 5. The van der Waals surface area contributed by atoms with E-state index in [-0.39, 0.29) is 5.56 Å². The molecule has 0 aliphatic carbocycles. The Kier molecular flexibility index (Phi) is 4.07.